The zero-order chi connectivity index (χ0) is 24.4. The summed E-state index contributed by atoms with van der Waals surface area (Å²) in [6.07, 6.45) is 1.69. The van der Waals surface area contributed by atoms with E-state index in [0.717, 1.165) is 40.3 Å². The van der Waals surface area contributed by atoms with E-state index in [4.69, 9.17) is 16.3 Å². The minimum absolute atomic E-state index is 0.320. The number of nitrogens with zero attached hydrogens (tertiary/aromatic N) is 3. The third-order valence-electron chi connectivity index (χ3n) is 6.10. The van der Waals surface area contributed by atoms with Gasteiger partial charge in [-0.1, -0.05) is 11.6 Å². The average Bonchev–Trinajstić information content (AvgIpc) is 3.11. The van der Waals surface area contributed by atoms with Crippen LogP contribution < -0.4 is 15.5 Å². The quantitative estimate of drug-likeness (QED) is 0.385. The Morgan fingerprint density at radius 2 is 1.80 bits per heavy atom. The number of ether oxygens (including phenoxy) is 1. The van der Waals surface area contributed by atoms with Gasteiger partial charge in [0, 0.05) is 54.2 Å². The highest BCUT2D eigenvalue weighted by Crippen LogP contribution is 2.28. The second-order valence-corrected chi connectivity index (χ2v) is 8.76. The number of pyridine rings is 1. The van der Waals surface area contributed by atoms with Gasteiger partial charge in [-0.05, 0) is 42.5 Å². The Bertz CT molecular complexity index is 1310. The maximum atomic E-state index is 12.9. The minimum atomic E-state index is -0.450. The Morgan fingerprint density at radius 3 is 2.63 bits per heavy atom. The zero-order valence-corrected chi connectivity index (χ0v) is 19.7. The van der Waals surface area contributed by atoms with Crippen LogP contribution in [0.3, 0.4) is 0 Å². The Morgan fingerprint density at radius 1 is 1.00 bits per heavy atom. The van der Waals surface area contributed by atoms with Gasteiger partial charge >= 0.3 is 0 Å². The van der Waals surface area contributed by atoms with Crippen molar-refractivity contribution in [3.63, 3.8) is 0 Å². The van der Waals surface area contributed by atoms with E-state index in [2.05, 4.69) is 20.5 Å². The summed E-state index contributed by atoms with van der Waals surface area (Å²) in [5.74, 6) is -1.30. The molecule has 0 unspecified atom stereocenters. The highest BCUT2D eigenvalue weighted by Gasteiger charge is 2.37. The van der Waals surface area contributed by atoms with Gasteiger partial charge in [-0.2, -0.15) is 0 Å². The molecule has 1 fully saturated rings. The Labute approximate surface area is 207 Å². The molecular weight excluding hydrogens is 470 g/mol. The molecule has 0 aliphatic carbocycles. The van der Waals surface area contributed by atoms with Gasteiger partial charge in [-0.3, -0.25) is 24.3 Å². The molecule has 0 radical (unpaired) electrons. The Balaban J connectivity index is 1.16. The molecule has 10 heteroatoms. The van der Waals surface area contributed by atoms with Gasteiger partial charge in [0.05, 0.1) is 29.9 Å². The molecule has 9 nitrogen and oxygen atoms in total. The molecule has 2 aliphatic heterocycles. The van der Waals surface area contributed by atoms with Crippen molar-refractivity contribution < 1.29 is 19.1 Å². The number of hydrogen-bond acceptors (Lipinski definition) is 7. The number of amides is 3. The largest absolute Gasteiger partial charge is 0.383 e. The summed E-state index contributed by atoms with van der Waals surface area (Å²) in [5.41, 5.74) is 3.17. The van der Waals surface area contributed by atoms with Gasteiger partial charge in [0.25, 0.3) is 11.8 Å². The number of benzene rings is 2. The van der Waals surface area contributed by atoms with Gasteiger partial charge < -0.3 is 20.3 Å². The maximum Gasteiger partial charge on any atom is 0.262 e. The number of morpholine rings is 1. The van der Waals surface area contributed by atoms with Crippen molar-refractivity contribution in [2.45, 2.75) is 0 Å². The predicted molar refractivity (Wildman–Crippen MR) is 133 cm³/mol. The molecule has 180 valence electrons. The van der Waals surface area contributed by atoms with E-state index in [0.29, 0.717) is 42.5 Å². The van der Waals surface area contributed by atoms with E-state index in [9.17, 15) is 14.4 Å². The fourth-order valence-corrected chi connectivity index (χ4v) is 4.48. The number of carbonyl (C=O) groups is 3. The molecule has 3 amide bonds. The summed E-state index contributed by atoms with van der Waals surface area (Å²) in [7, 11) is 0. The van der Waals surface area contributed by atoms with Crippen molar-refractivity contribution in [2.75, 3.05) is 56.2 Å². The minimum Gasteiger partial charge on any atom is -0.383 e. The third kappa shape index (κ3) is 4.78. The molecule has 3 heterocycles. The molecule has 0 bridgehead atoms. The van der Waals surface area contributed by atoms with E-state index < -0.39 is 17.7 Å². The molecular formula is C25H24ClN5O4. The third-order valence-corrected chi connectivity index (χ3v) is 6.33. The Kier molecular flexibility index (Phi) is 6.52. The van der Waals surface area contributed by atoms with E-state index in [1.807, 2.05) is 18.2 Å². The number of rotatable bonds is 7. The van der Waals surface area contributed by atoms with Crippen molar-refractivity contribution >= 4 is 51.6 Å². The number of aromatic nitrogens is 1. The smallest absolute Gasteiger partial charge is 0.262 e. The number of carbonyl (C=O) groups excluding carboxylic acids is 3. The first-order valence-electron chi connectivity index (χ1n) is 11.4. The summed E-state index contributed by atoms with van der Waals surface area (Å²) in [6.45, 7) is 3.15. The lowest BCUT2D eigenvalue weighted by Crippen LogP contribution is -2.41. The fraction of sp³-hybridized carbons (Fsp3) is 0.280. The molecule has 35 heavy (non-hydrogen) atoms. The predicted octanol–water partition coefficient (Wildman–Crippen LogP) is 2.55. The summed E-state index contributed by atoms with van der Waals surface area (Å²) < 4.78 is 5.37. The molecule has 1 aromatic heterocycles. The van der Waals surface area contributed by atoms with Crippen LogP contribution in [-0.4, -0.2) is 73.5 Å². The average molecular weight is 494 g/mol. The van der Waals surface area contributed by atoms with Crippen molar-refractivity contribution in [1.29, 1.82) is 0 Å². The standard InChI is InChI=1S/C25H24ClN5O4/c26-16-1-3-19-21(5-6-27-22(19)13-16)28-7-8-29-23(32)15-31-24(33)18-4-2-17(14-20(18)25(31)34)30-9-11-35-12-10-30/h1-6,13-14H,7-12,15H2,(H,27,28)(H,29,32). The first kappa shape index (κ1) is 23.1. The highest BCUT2D eigenvalue weighted by atomic mass is 35.5. The van der Waals surface area contributed by atoms with Crippen LogP contribution in [0.25, 0.3) is 10.9 Å². The van der Waals surface area contributed by atoms with E-state index in [1.54, 1.807) is 30.5 Å². The van der Waals surface area contributed by atoms with Crippen LogP contribution in [0.5, 0.6) is 0 Å². The summed E-state index contributed by atoms with van der Waals surface area (Å²) in [6, 6.07) is 12.5. The second-order valence-electron chi connectivity index (χ2n) is 8.32. The number of hydrogen-bond donors (Lipinski definition) is 2. The molecule has 5 rings (SSSR count). The number of fused-ring (bicyclic) bond motifs is 2. The molecule has 2 N–H and O–H groups in total. The molecule has 2 aliphatic rings. The Hall–Kier alpha value is -3.69. The van der Waals surface area contributed by atoms with Crippen molar-refractivity contribution in [2.24, 2.45) is 0 Å². The monoisotopic (exact) mass is 493 g/mol. The topological polar surface area (TPSA) is 104 Å². The molecule has 1 saturated heterocycles. The van der Waals surface area contributed by atoms with Crippen LogP contribution in [0.15, 0.2) is 48.7 Å². The van der Waals surface area contributed by atoms with Crippen LogP contribution in [0.4, 0.5) is 11.4 Å². The summed E-state index contributed by atoms with van der Waals surface area (Å²) in [4.78, 5) is 45.6. The van der Waals surface area contributed by atoms with Crippen molar-refractivity contribution in [3.8, 4) is 0 Å². The van der Waals surface area contributed by atoms with Crippen LogP contribution >= 0.6 is 11.6 Å². The lowest BCUT2D eigenvalue weighted by atomic mass is 10.1. The van der Waals surface area contributed by atoms with Crippen molar-refractivity contribution in [1.82, 2.24) is 15.2 Å². The maximum absolute atomic E-state index is 12.9. The lowest BCUT2D eigenvalue weighted by molar-refractivity contribution is -0.121. The normalized spacial score (nSPS) is 15.5. The van der Waals surface area contributed by atoms with Crippen LogP contribution in [0.1, 0.15) is 20.7 Å². The van der Waals surface area contributed by atoms with Crippen LogP contribution in [-0.2, 0) is 9.53 Å². The molecule has 2 aromatic carbocycles. The van der Waals surface area contributed by atoms with Gasteiger partial charge in [0.2, 0.25) is 5.91 Å². The fourth-order valence-electron chi connectivity index (χ4n) is 4.31. The van der Waals surface area contributed by atoms with Gasteiger partial charge in [0.1, 0.15) is 6.54 Å². The molecule has 0 atom stereocenters. The second kappa shape index (κ2) is 9.89. The summed E-state index contributed by atoms with van der Waals surface area (Å²) >= 11 is 6.03. The number of anilines is 2. The van der Waals surface area contributed by atoms with Gasteiger partial charge in [-0.15, -0.1) is 0 Å². The van der Waals surface area contributed by atoms with E-state index in [1.165, 1.54) is 0 Å². The van der Waals surface area contributed by atoms with Crippen LogP contribution in [0.2, 0.25) is 5.02 Å². The van der Waals surface area contributed by atoms with Gasteiger partial charge in [0.15, 0.2) is 0 Å². The summed E-state index contributed by atoms with van der Waals surface area (Å²) in [5, 5.41) is 7.56. The number of nitrogens with one attached hydrogen (secondary N) is 2. The van der Waals surface area contributed by atoms with Gasteiger partial charge in [-0.25, -0.2) is 0 Å². The van der Waals surface area contributed by atoms with Crippen molar-refractivity contribution in [3.05, 3.63) is 64.8 Å². The first-order valence-corrected chi connectivity index (χ1v) is 11.8. The first-order chi connectivity index (χ1) is 17.0. The number of halogens is 1. The molecule has 3 aromatic rings. The SMILES string of the molecule is O=C(CN1C(=O)c2ccc(N3CCOCC3)cc2C1=O)NCCNc1ccnc2cc(Cl)ccc12. The van der Waals surface area contributed by atoms with Crippen LogP contribution in [0, 0.1) is 0 Å². The number of imide groups is 1. The lowest BCUT2D eigenvalue weighted by Gasteiger charge is -2.29. The zero-order valence-electron chi connectivity index (χ0n) is 18.9. The van der Waals surface area contributed by atoms with E-state index >= 15 is 0 Å². The van der Waals surface area contributed by atoms with E-state index in [-0.39, 0.29) is 6.54 Å². The molecule has 0 spiro atoms. The molecule has 0 saturated carbocycles. The highest BCUT2D eigenvalue weighted by molar-refractivity contribution is 6.31.